The quantitative estimate of drug-likeness (QED) is 0.669. The van der Waals surface area contributed by atoms with Crippen molar-refractivity contribution in [3.8, 4) is 11.5 Å². The number of benzene rings is 2. The SMILES string of the molecule is CCCOc1ccccc1C(=O)NNC(=O)c1cc(Br)ccc1OCC. The number of hydrazine groups is 1. The first-order valence-corrected chi connectivity index (χ1v) is 9.11. The Kier molecular flexibility index (Phi) is 7.47. The van der Waals surface area contributed by atoms with Crippen LogP contribution in [0.3, 0.4) is 0 Å². The molecule has 2 aromatic carbocycles. The highest BCUT2D eigenvalue weighted by Crippen LogP contribution is 2.23. The molecule has 0 atom stereocenters. The number of nitrogens with one attached hydrogen (secondary N) is 2. The highest BCUT2D eigenvalue weighted by Gasteiger charge is 2.16. The van der Waals surface area contributed by atoms with E-state index in [0.29, 0.717) is 35.8 Å². The largest absolute Gasteiger partial charge is 0.493 e. The highest BCUT2D eigenvalue weighted by molar-refractivity contribution is 9.10. The zero-order valence-corrected chi connectivity index (χ0v) is 16.3. The first kappa shape index (κ1) is 19.8. The van der Waals surface area contributed by atoms with Crippen molar-refractivity contribution in [3.63, 3.8) is 0 Å². The Balaban J connectivity index is 2.08. The molecule has 7 heteroatoms. The summed E-state index contributed by atoms with van der Waals surface area (Å²) < 4.78 is 11.8. The molecule has 2 amide bonds. The number of ether oxygens (including phenoxy) is 2. The van der Waals surface area contributed by atoms with E-state index >= 15 is 0 Å². The average molecular weight is 421 g/mol. The van der Waals surface area contributed by atoms with Crippen molar-refractivity contribution in [2.75, 3.05) is 13.2 Å². The highest BCUT2D eigenvalue weighted by atomic mass is 79.9. The van der Waals surface area contributed by atoms with Crippen molar-refractivity contribution >= 4 is 27.7 Å². The fourth-order valence-electron chi connectivity index (χ4n) is 2.20. The van der Waals surface area contributed by atoms with Crippen LogP contribution < -0.4 is 20.3 Å². The molecule has 26 heavy (non-hydrogen) atoms. The molecule has 0 unspecified atom stereocenters. The van der Waals surface area contributed by atoms with E-state index in [9.17, 15) is 9.59 Å². The smallest absolute Gasteiger partial charge is 0.273 e. The maximum atomic E-state index is 12.4. The van der Waals surface area contributed by atoms with Gasteiger partial charge in [0.1, 0.15) is 11.5 Å². The molecule has 0 saturated heterocycles. The molecular weight excluding hydrogens is 400 g/mol. The lowest BCUT2D eigenvalue weighted by molar-refractivity contribution is 0.0842. The molecular formula is C19H21BrN2O4. The minimum Gasteiger partial charge on any atom is -0.493 e. The Morgan fingerprint density at radius 2 is 1.58 bits per heavy atom. The van der Waals surface area contributed by atoms with Gasteiger partial charge in [0, 0.05) is 4.47 Å². The van der Waals surface area contributed by atoms with Crippen LogP contribution >= 0.6 is 15.9 Å². The molecule has 0 fully saturated rings. The summed E-state index contributed by atoms with van der Waals surface area (Å²) in [5.74, 6) is -0.0271. The Morgan fingerprint density at radius 3 is 2.27 bits per heavy atom. The molecule has 0 aromatic heterocycles. The first-order valence-electron chi connectivity index (χ1n) is 8.31. The van der Waals surface area contributed by atoms with Gasteiger partial charge in [-0.1, -0.05) is 35.0 Å². The summed E-state index contributed by atoms with van der Waals surface area (Å²) in [6.07, 6.45) is 0.829. The number of para-hydroxylation sites is 1. The monoisotopic (exact) mass is 420 g/mol. The molecule has 0 aliphatic rings. The number of carbonyl (C=O) groups is 2. The van der Waals surface area contributed by atoms with Gasteiger partial charge in [-0.15, -0.1) is 0 Å². The number of amides is 2. The maximum Gasteiger partial charge on any atom is 0.273 e. The van der Waals surface area contributed by atoms with Crippen LogP contribution in [0, 0.1) is 0 Å². The number of carbonyl (C=O) groups excluding carboxylic acids is 2. The van der Waals surface area contributed by atoms with E-state index in [-0.39, 0.29) is 0 Å². The van der Waals surface area contributed by atoms with Crippen molar-refractivity contribution in [3.05, 3.63) is 58.1 Å². The standard InChI is InChI=1S/C19H21BrN2O4/c1-3-11-26-16-8-6-5-7-14(16)18(23)21-22-19(24)15-12-13(20)9-10-17(15)25-4-2/h5-10,12H,3-4,11H2,1-2H3,(H,21,23)(H,22,24). The van der Waals surface area contributed by atoms with Crippen LogP contribution in [-0.4, -0.2) is 25.0 Å². The van der Waals surface area contributed by atoms with Gasteiger partial charge in [0.05, 0.1) is 24.3 Å². The van der Waals surface area contributed by atoms with Gasteiger partial charge in [0.2, 0.25) is 0 Å². The van der Waals surface area contributed by atoms with E-state index in [1.165, 1.54) is 0 Å². The van der Waals surface area contributed by atoms with E-state index in [1.807, 2.05) is 13.8 Å². The van der Waals surface area contributed by atoms with Gasteiger partial charge in [0.15, 0.2) is 0 Å². The lowest BCUT2D eigenvalue weighted by Crippen LogP contribution is -2.41. The zero-order valence-electron chi connectivity index (χ0n) is 14.7. The van der Waals surface area contributed by atoms with Gasteiger partial charge in [0.25, 0.3) is 11.8 Å². The fraction of sp³-hybridized carbons (Fsp3) is 0.263. The fourth-order valence-corrected chi connectivity index (χ4v) is 2.56. The number of hydrogen-bond donors (Lipinski definition) is 2. The number of halogens is 1. The van der Waals surface area contributed by atoms with Crippen molar-refractivity contribution in [1.29, 1.82) is 0 Å². The molecule has 0 radical (unpaired) electrons. The van der Waals surface area contributed by atoms with Crippen molar-refractivity contribution in [1.82, 2.24) is 10.9 Å². The summed E-state index contributed by atoms with van der Waals surface area (Å²) in [4.78, 5) is 24.8. The molecule has 2 rings (SSSR count). The van der Waals surface area contributed by atoms with Crippen LogP contribution in [0.2, 0.25) is 0 Å². The van der Waals surface area contributed by atoms with Gasteiger partial charge in [-0.3, -0.25) is 20.4 Å². The topological polar surface area (TPSA) is 76.7 Å². The molecule has 2 aromatic rings. The second-order valence-corrected chi connectivity index (χ2v) is 6.24. The summed E-state index contributed by atoms with van der Waals surface area (Å²) in [6, 6.07) is 12.0. The van der Waals surface area contributed by atoms with Gasteiger partial charge in [-0.05, 0) is 43.7 Å². The normalized spacial score (nSPS) is 10.1. The predicted octanol–water partition coefficient (Wildman–Crippen LogP) is 3.71. The van der Waals surface area contributed by atoms with Crippen molar-refractivity contribution in [2.24, 2.45) is 0 Å². The molecule has 0 heterocycles. The van der Waals surface area contributed by atoms with Gasteiger partial charge >= 0.3 is 0 Å². The van der Waals surface area contributed by atoms with Crippen molar-refractivity contribution in [2.45, 2.75) is 20.3 Å². The van der Waals surface area contributed by atoms with E-state index in [1.54, 1.807) is 42.5 Å². The Morgan fingerprint density at radius 1 is 0.923 bits per heavy atom. The minimum atomic E-state index is -0.477. The van der Waals surface area contributed by atoms with E-state index in [4.69, 9.17) is 9.47 Å². The molecule has 0 bridgehead atoms. The van der Waals surface area contributed by atoms with E-state index < -0.39 is 11.8 Å². The van der Waals surface area contributed by atoms with Crippen LogP contribution in [0.5, 0.6) is 11.5 Å². The van der Waals surface area contributed by atoms with Gasteiger partial charge in [-0.2, -0.15) is 0 Å². The molecule has 138 valence electrons. The van der Waals surface area contributed by atoms with Crippen LogP contribution in [0.25, 0.3) is 0 Å². The molecule has 0 aliphatic heterocycles. The average Bonchev–Trinajstić information content (AvgIpc) is 2.66. The Hall–Kier alpha value is -2.54. The summed E-state index contributed by atoms with van der Waals surface area (Å²) >= 11 is 3.33. The molecule has 2 N–H and O–H groups in total. The predicted molar refractivity (Wildman–Crippen MR) is 102 cm³/mol. The third-order valence-electron chi connectivity index (χ3n) is 3.37. The second-order valence-electron chi connectivity index (χ2n) is 5.33. The lowest BCUT2D eigenvalue weighted by Gasteiger charge is -2.13. The summed E-state index contributed by atoms with van der Waals surface area (Å²) in [5, 5.41) is 0. The number of hydrogen-bond acceptors (Lipinski definition) is 4. The van der Waals surface area contributed by atoms with E-state index in [0.717, 1.165) is 10.9 Å². The lowest BCUT2D eigenvalue weighted by atomic mass is 10.2. The van der Waals surface area contributed by atoms with Crippen LogP contribution in [0.1, 0.15) is 41.0 Å². The third-order valence-corrected chi connectivity index (χ3v) is 3.86. The Labute approximate surface area is 161 Å². The van der Waals surface area contributed by atoms with Crippen LogP contribution in [0.4, 0.5) is 0 Å². The second kappa shape index (κ2) is 9.82. The minimum absolute atomic E-state index is 0.317. The van der Waals surface area contributed by atoms with Crippen LogP contribution in [-0.2, 0) is 0 Å². The maximum absolute atomic E-state index is 12.4. The van der Waals surface area contributed by atoms with E-state index in [2.05, 4.69) is 26.8 Å². The summed E-state index contributed by atoms with van der Waals surface area (Å²) in [5.41, 5.74) is 5.49. The summed E-state index contributed by atoms with van der Waals surface area (Å²) in [6.45, 7) is 4.75. The zero-order chi connectivity index (χ0) is 18.9. The first-order chi connectivity index (χ1) is 12.6. The van der Waals surface area contributed by atoms with Crippen molar-refractivity contribution < 1.29 is 19.1 Å². The van der Waals surface area contributed by atoms with Crippen LogP contribution in [0.15, 0.2) is 46.9 Å². The number of rotatable bonds is 7. The molecule has 0 saturated carbocycles. The molecule has 0 spiro atoms. The van der Waals surface area contributed by atoms with Gasteiger partial charge in [-0.25, -0.2) is 0 Å². The Bertz CT molecular complexity index is 780. The molecule has 6 nitrogen and oxygen atoms in total. The summed E-state index contributed by atoms with van der Waals surface area (Å²) in [7, 11) is 0. The third kappa shape index (κ3) is 5.23. The van der Waals surface area contributed by atoms with Gasteiger partial charge < -0.3 is 9.47 Å². The molecule has 0 aliphatic carbocycles.